The molecule has 0 aliphatic carbocycles. The minimum absolute atomic E-state index is 0.216. The van der Waals surface area contributed by atoms with Gasteiger partial charge in [0.1, 0.15) is 5.75 Å². The number of amides is 1. The molecular formula is C14H10Br2ClNO2. The van der Waals surface area contributed by atoms with E-state index in [2.05, 4.69) is 37.2 Å². The lowest BCUT2D eigenvalue weighted by Gasteiger charge is -2.08. The van der Waals surface area contributed by atoms with Crippen molar-refractivity contribution in [3.8, 4) is 5.75 Å². The van der Waals surface area contributed by atoms with E-state index in [4.69, 9.17) is 16.3 Å². The fourth-order valence-corrected chi connectivity index (χ4v) is 2.55. The number of anilines is 1. The highest BCUT2D eigenvalue weighted by Gasteiger charge is 2.10. The van der Waals surface area contributed by atoms with E-state index in [-0.39, 0.29) is 5.91 Å². The molecule has 104 valence electrons. The third-order valence-electron chi connectivity index (χ3n) is 2.59. The molecule has 1 amide bonds. The van der Waals surface area contributed by atoms with Gasteiger partial charge in [-0.3, -0.25) is 4.79 Å². The molecule has 2 aromatic carbocycles. The van der Waals surface area contributed by atoms with Crippen molar-refractivity contribution < 1.29 is 9.53 Å². The van der Waals surface area contributed by atoms with Crippen LogP contribution in [0, 0.1) is 0 Å². The summed E-state index contributed by atoms with van der Waals surface area (Å²) >= 11 is 12.6. The van der Waals surface area contributed by atoms with Crippen LogP contribution in [0.4, 0.5) is 5.69 Å². The number of hydrogen-bond donors (Lipinski definition) is 1. The van der Waals surface area contributed by atoms with Crippen LogP contribution in [0.3, 0.4) is 0 Å². The maximum absolute atomic E-state index is 12.1. The summed E-state index contributed by atoms with van der Waals surface area (Å²) in [6, 6.07) is 10.4. The lowest BCUT2D eigenvalue weighted by Crippen LogP contribution is -2.11. The molecule has 0 aliphatic heterocycles. The molecule has 0 aromatic heterocycles. The number of nitrogens with one attached hydrogen (secondary N) is 1. The van der Waals surface area contributed by atoms with E-state index in [1.54, 1.807) is 43.5 Å². The van der Waals surface area contributed by atoms with Crippen molar-refractivity contribution in [3.63, 3.8) is 0 Å². The number of carbonyl (C=O) groups is 1. The number of carbonyl (C=O) groups excluding carboxylic acids is 1. The largest absolute Gasteiger partial charge is 0.496 e. The molecule has 0 saturated heterocycles. The Bertz CT molecular complexity index is 662. The van der Waals surface area contributed by atoms with Crippen LogP contribution < -0.4 is 10.1 Å². The van der Waals surface area contributed by atoms with Crippen LogP contribution in [-0.2, 0) is 0 Å². The number of ether oxygens (including phenoxy) is 1. The molecule has 0 heterocycles. The average Bonchev–Trinajstić information content (AvgIpc) is 2.42. The Labute approximate surface area is 138 Å². The second-order valence-corrected chi connectivity index (χ2v) is 6.05. The Balaban J connectivity index is 2.19. The van der Waals surface area contributed by atoms with Gasteiger partial charge in [0.05, 0.1) is 16.6 Å². The second kappa shape index (κ2) is 6.61. The number of benzene rings is 2. The summed E-state index contributed by atoms with van der Waals surface area (Å²) in [6.07, 6.45) is 0. The molecule has 1 N–H and O–H groups in total. The van der Waals surface area contributed by atoms with E-state index in [0.29, 0.717) is 22.0 Å². The van der Waals surface area contributed by atoms with Crippen LogP contribution in [0.5, 0.6) is 5.75 Å². The number of halogens is 3. The Morgan fingerprint density at radius 3 is 2.50 bits per heavy atom. The molecule has 2 rings (SSSR count). The fourth-order valence-electron chi connectivity index (χ4n) is 1.58. The van der Waals surface area contributed by atoms with Crippen LogP contribution >= 0.6 is 43.5 Å². The third-order valence-corrected chi connectivity index (χ3v) is 4.44. The van der Waals surface area contributed by atoms with Crippen molar-refractivity contribution in [2.24, 2.45) is 0 Å². The van der Waals surface area contributed by atoms with E-state index in [0.717, 1.165) is 8.95 Å². The van der Waals surface area contributed by atoms with E-state index < -0.39 is 0 Å². The average molecular weight is 420 g/mol. The Morgan fingerprint density at radius 2 is 1.90 bits per heavy atom. The van der Waals surface area contributed by atoms with Crippen molar-refractivity contribution in [2.75, 3.05) is 12.4 Å². The monoisotopic (exact) mass is 417 g/mol. The van der Waals surface area contributed by atoms with Gasteiger partial charge in [-0.05, 0) is 68.3 Å². The normalized spacial score (nSPS) is 10.2. The number of rotatable bonds is 3. The predicted molar refractivity (Wildman–Crippen MR) is 87.8 cm³/mol. The molecule has 0 radical (unpaired) electrons. The highest BCUT2D eigenvalue weighted by molar-refractivity contribution is 9.10. The molecule has 0 fully saturated rings. The lowest BCUT2D eigenvalue weighted by atomic mass is 10.2. The predicted octanol–water partition coefficient (Wildman–Crippen LogP) is 5.13. The highest BCUT2D eigenvalue weighted by atomic mass is 79.9. The summed E-state index contributed by atoms with van der Waals surface area (Å²) in [7, 11) is 1.57. The first-order valence-electron chi connectivity index (χ1n) is 5.61. The summed E-state index contributed by atoms with van der Waals surface area (Å²) in [4.78, 5) is 12.1. The molecule has 0 saturated carbocycles. The first-order valence-corrected chi connectivity index (χ1v) is 7.57. The SMILES string of the molecule is COc1ccc(C(=O)Nc2ccc(Br)c(Cl)c2)cc1Br. The summed E-state index contributed by atoms with van der Waals surface area (Å²) in [5, 5.41) is 3.33. The molecule has 0 atom stereocenters. The number of hydrogen-bond acceptors (Lipinski definition) is 2. The molecule has 6 heteroatoms. The fraction of sp³-hybridized carbons (Fsp3) is 0.0714. The van der Waals surface area contributed by atoms with Crippen LogP contribution in [0.15, 0.2) is 45.3 Å². The van der Waals surface area contributed by atoms with Crippen molar-refractivity contribution >= 4 is 55.1 Å². The van der Waals surface area contributed by atoms with E-state index in [1.807, 2.05) is 0 Å². The summed E-state index contributed by atoms with van der Waals surface area (Å²) in [5.74, 6) is 0.458. The van der Waals surface area contributed by atoms with Crippen LogP contribution in [0.2, 0.25) is 5.02 Å². The molecule has 0 bridgehead atoms. The molecular weight excluding hydrogens is 409 g/mol. The molecule has 3 nitrogen and oxygen atoms in total. The van der Waals surface area contributed by atoms with Crippen LogP contribution in [-0.4, -0.2) is 13.0 Å². The Kier molecular flexibility index (Phi) is 5.07. The van der Waals surface area contributed by atoms with Gasteiger partial charge in [-0.1, -0.05) is 11.6 Å². The topological polar surface area (TPSA) is 38.3 Å². The zero-order valence-electron chi connectivity index (χ0n) is 10.4. The minimum atomic E-state index is -0.216. The van der Waals surface area contributed by atoms with Gasteiger partial charge in [-0.2, -0.15) is 0 Å². The summed E-state index contributed by atoms with van der Waals surface area (Å²) in [5.41, 5.74) is 1.16. The zero-order chi connectivity index (χ0) is 14.7. The van der Waals surface area contributed by atoms with Crippen LogP contribution in [0.1, 0.15) is 10.4 Å². The van der Waals surface area contributed by atoms with Crippen molar-refractivity contribution in [2.45, 2.75) is 0 Å². The van der Waals surface area contributed by atoms with Crippen molar-refractivity contribution in [3.05, 3.63) is 55.9 Å². The third kappa shape index (κ3) is 3.53. The van der Waals surface area contributed by atoms with Crippen molar-refractivity contribution in [1.29, 1.82) is 0 Å². The molecule has 20 heavy (non-hydrogen) atoms. The van der Waals surface area contributed by atoms with Gasteiger partial charge in [0, 0.05) is 15.7 Å². The van der Waals surface area contributed by atoms with Gasteiger partial charge in [-0.25, -0.2) is 0 Å². The maximum Gasteiger partial charge on any atom is 0.255 e. The molecule has 0 unspecified atom stereocenters. The van der Waals surface area contributed by atoms with Gasteiger partial charge in [-0.15, -0.1) is 0 Å². The van der Waals surface area contributed by atoms with E-state index >= 15 is 0 Å². The molecule has 2 aromatic rings. The first kappa shape index (κ1) is 15.4. The second-order valence-electron chi connectivity index (χ2n) is 3.93. The number of methoxy groups -OCH3 is 1. The van der Waals surface area contributed by atoms with Gasteiger partial charge in [0.25, 0.3) is 5.91 Å². The van der Waals surface area contributed by atoms with Crippen LogP contribution in [0.25, 0.3) is 0 Å². The first-order chi connectivity index (χ1) is 9.51. The van der Waals surface area contributed by atoms with E-state index in [1.165, 1.54) is 0 Å². The molecule has 0 spiro atoms. The summed E-state index contributed by atoms with van der Waals surface area (Å²) < 4.78 is 6.63. The Hall–Kier alpha value is -1.04. The quantitative estimate of drug-likeness (QED) is 0.749. The maximum atomic E-state index is 12.1. The van der Waals surface area contributed by atoms with Crippen molar-refractivity contribution in [1.82, 2.24) is 0 Å². The van der Waals surface area contributed by atoms with Gasteiger partial charge >= 0.3 is 0 Å². The zero-order valence-corrected chi connectivity index (χ0v) is 14.3. The Morgan fingerprint density at radius 1 is 1.15 bits per heavy atom. The van der Waals surface area contributed by atoms with Gasteiger partial charge < -0.3 is 10.1 Å². The lowest BCUT2D eigenvalue weighted by molar-refractivity contribution is 0.102. The standard InChI is InChI=1S/C14H10Br2ClNO2/c1-20-13-5-2-8(6-11(13)16)14(19)18-9-3-4-10(15)12(17)7-9/h2-7H,1H3,(H,18,19). The minimum Gasteiger partial charge on any atom is -0.496 e. The summed E-state index contributed by atoms with van der Waals surface area (Å²) in [6.45, 7) is 0. The van der Waals surface area contributed by atoms with Gasteiger partial charge in [0.2, 0.25) is 0 Å². The van der Waals surface area contributed by atoms with E-state index in [9.17, 15) is 4.79 Å². The highest BCUT2D eigenvalue weighted by Crippen LogP contribution is 2.27. The van der Waals surface area contributed by atoms with Gasteiger partial charge in [0.15, 0.2) is 0 Å². The smallest absolute Gasteiger partial charge is 0.255 e. The molecule has 0 aliphatic rings.